The van der Waals surface area contributed by atoms with E-state index in [1.54, 1.807) is 0 Å². The molecule has 0 bridgehead atoms. The molecule has 1 aliphatic rings. The second-order valence-corrected chi connectivity index (χ2v) is 9.44. The average Bonchev–Trinajstić information content (AvgIpc) is 2.98. The Labute approximate surface area is 180 Å². The minimum atomic E-state index is -0.483. The van der Waals surface area contributed by atoms with Crippen LogP contribution < -0.4 is 25.0 Å². The number of amides is 1. The number of carbonyl (C=O) groups excluding carboxylic acids is 1. The summed E-state index contributed by atoms with van der Waals surface area (Å²) in [5, 5.41) is 2.82. The molecule has 0 unspecified atom stereocenters. The van der Waals surface area contributed by atoms with Gasteiger partial charge in [0.2, 0.25) is 0 Å². The standard InChI is InChI=1S/C22H30N4O3S/c1-16-24-20(27)19(30-16)15-17-7-5-6-8-18(17)26-13-11-25(12-14-26)10-9-23-21(28)29-22(2,3)4/h5-8,15H,1,9-14H2,2-4H3,(H,23,28)(H,24,27)/b19-15-. The quantitative estimate of drug-likeness (QED) is 0.748. The van der Waals surface area contributed by atoms with Gasteiger partial charge in [-0.1, -0.05) is 24.8 Å². The number of piperazine rings is 1. The van der Waals surface area contributed by atoms with Gasteiger partial charge in [0.1, 0.15) is 5.60 Å². The Balaban J connectivity index is 1.57. The van der Waals surface area contributed by atoms with Gasteiger partial charge in [-0.3, -0.25) is 9.69 Å². The van der Waals surface area contributed by atoms with E-state index in [9.17, 15) is 9.59 Å². The number of hydrogen-bond acceptors (Lipinski definition) is 6. The lowest BCUT2D eigenvalue weighted by Crippen LogP contribution is -2.49. The van der Waals surface area contributed by atoms with Crippen LogP contribution in [0.1, 0.15) is 26.3 Å². The lowest BCUT2D eigenvalue weighted by molar-refractivity contribution is 0.0521. The van der Waals surface area contributed by atoms with Crippen molar-refractivity contribution in [1.82, 2.24) is 15.2 Å². The summed E-state index contributed by atoms with van der Waals surface area (Å²) in [7, 11) is 0. The van der Waals surface area contributed by atoms with E-state index in [4.69, 9.17) is 4.74 Å². The lowest BCUT2D eigenvalue weighted by Gasteiger charge is -2.36. The van der Waals surface area contributed by atoms with Gasteiger partial charge in [0.15, 0.2) is 0 Å². The Hall–Kier alpha value is -2.58. The molecule has 0 radical (unpaired) electrons. The normalized spacial score (nSPS) is 16.0. The summed E-state index contributed by atoms with van der Waals surface area (Å²) >= 11 is 1.37. The molecule has 2 aromatic rings. The minimum absolute atomic E-state index is 0.0953. The van der Waals surface area contributed by atoms with Crippen LogP contribution in [0.3, 0.4) is 0 Å². The van der Waals surface area contributed by atoms with Gasteiger partial charge < -0.3 is 19.9 Å². The van der Waals surface area contributed by atoms with Crippen molar-refractivity contribution in [3.63, 3.8) is 0 Å². The van der Waals surface area contributed by atoms with Gasteiger partial charge >= 0.3 is 6.09 Å². The summed E-state index contributed by atoms with van der Waals surface area (Å²) in [5.41, 5.74) is 1.58. The van der Waals surface area contributed by atoms with Gasteiger partial charge in [0, 0.05) is 45.0 Å². The smallest absolute Gasteiger partial charge is 0.407 e. The molecule has 8 heteroatoms. The Morgan fingerprint density at radius 3 is 2.60 bits per heavy atom. The molecule has 0 atom stereocenters. The highest BCUT2D eigenvalue weighted by molar-refractivity contribution is 7.07. The SMILES string of the molecule is C=c1[nH]c(=O)/c(=C/c2ccccc2N2CCN(CCNC(=O)OC(C)(C)C)CC2)s1. The molecule has 0 aliphatic carbocycles. The number of benzene rings is 1. The molecule has 1 saturated heterocycles. The molecule has 3 rings (SSSR count). The van der Waals surface area contributed by atoms with Crippen LogP contribution in [-0.4, -0.2) is 60.8 Å². The van der Waals surface area contributed by atoms with E-state index in [1.807, 2.05) is 45.0 Å². The van der Waals surface area contributed by atoms with Crippen LogP contribution in [0.5, 0.6) is 0 Å². The molecule has 162 valence electrons. The molecule has 2 N–H and O–H groups in total. The number of nitrogens with one attached hydrogen (secondary N) is 2. The second-order valence-electron chi connectivity index (χ2n) is 8.30. The van der Waals surface area contributed by atoms with E-state index in [2.05, 4.69) is 32.7 Å². The average molecular weight is 431 g/mol. The third-order valence-corrected chi connectivity index (χ3v) is 5.61. The fraction of sp³-hybridized carbons (Fsp3) is 0.455. The van der Waals surface area contributed by atoms with Crippen molar-refractivity contribution in [2.75, 3.05) is 44.2 Å². The van der Waals surface area contributed by atoms with Crippen molar-refractivity contribution in [2.24, 2.45) is 0 Å². The summed E-state index contributed by atoms with van der Waals surface area (Å²) in [6.45, 7) is 14.3. The number of para-hydroxylation sites is 1. The number of hydrogen-bond donors (Lipinski definition) is 2. The number of nitrogens with zero attached hydrogens (tertiary/aromatic N) is 2. The van der Waals surface area contributed by atoms with Gasteiger partial charge in [0.25, 0.3) is 5.56 Å². The molecular weight excluding hydrogens is 400 g/mol. The van der Waals surface area contributed by atoms with E-state index < -0.39 is 5.60 Å². The molecule has 1 aromatic heterocycles. The number of alkyl carbamates (subject to hydrolysis) is 1. The lowest BCUT2D eigenvalue weighted by atomic mass is 10.1. The number of H-pyrrole nitrogens is 1. The van der Waals surface area contributed by atoms with Crippen molar-refractivity contribution < 1.29 is 9.53 Å². The highest BCUT2D eigenvalue weighted by Crippen LogP contribution is 2.22. The van der Waals surface area contributed by atoms with Crippen LogP contribution >= 0.6 is 11.3 Å². The maximum Gasteiger partial charge on any atom is 0.407 e. The zero-order valence-electron chi connectivity index (χ0n) is 17.9. The first-order valence-electron chi connectivity index (χ1n) is 10.1. The first kappa shape index (κ1) is 22.1. The number of aromatic amines is 1. The van der Waals surface area contributed by atoms with Gasteiger partial charge in [-0.05, 0) is 38.5 Å². The first-order valence-corrected chi connectivity index (χ1v) is 11.0. The fourth-order valence-electron chi connectivity index (χ4n) is 3.37. The molecule has 1 fully saturated rings. The van der Waals surface area contributed by atoms with Gasteiger partial charge in [0.05, 0.1) is 9.20 Å². The summed E-state index contributed by atoms with van der Waals surface area (Å²) in [5.74, 6) is 0. The maximum atomic E-state index is 12.0. The van der Waals surface area contributed by atoms with Crippen LogP contribution in [0, 0.1) is 0 Å². The number of carbonyl (C=O) groups is 1. The molecule has 30 heavy (non-hydrogen) atoms. The van der Waals surface area contributed by atoms with Crippen molar-refractivity contribution in [3.05, 3.63) is 49.4 Å². The number of ether oxygens (including phenoxy) is 1. The number of rotatable bonds is 5. The molecule has 2 heterocycles. The minimum Gasteiger partial charge on any atom is -0.444 e. The maximum absolute atomic E-state index is 12.0. The van der Waals surface area contributed by atoms with Crippen molar-refractivity contribution in [2.45, 2.75) is 26.4 Å². The Morgan fingerprint density at radius 2 is 1.97 bits per heavy atom. The zero-order chi connectivity index (χ0) is 21.7. The highest BCUT2D eigenvalue weighted by Gasteiger charge is 2.19. The van der Waals surface area contributed by atoms with E-state index in [0.29, 0.717) is 15.7 Å². The van der Waals surface area contributed by atoms with Crippen LogP contribution in [0.4, 0.5) is 10.5 Å². The summed E-state index contributed by atoms with van der Waals surface area (Å²) < 4.78 is 6.60. The van der Waals surface area contributed by atoms with E-state index in [1.165, 1.54) is 11.3 Å². The predicted molar refractivity (Wildman–Crippen MR) is 123 cm³/mol. The van der Waals surface area contributed by atoms with Gasteiger partial charge in [-0.2, -0.15) is 0 Å². The second kappa shape index (κ2) is 9.49. The summed E-state index contributed by atoms with van der Waals surface area (Å²) in [4.78, 5) is 31.2. The first-order chi connectivity index (χ1) is 14.2. The van der Waals surface area contributed by atoms with Crippen LogP contribution in [0.15, 0.2) is 29.1 Å². The van der Waals surface area contributed by atoms with Crippen LogP contribution in [-0.2, 0) is 4.74 Å². The van der Waals surface area contributed by atoms with Crippen LogP contribution in [0.2, 0.25) is 0 Å². The number of aromatic nitrogens is 1. The van der Waals surface area contributed by atoms with Crippen molar-refractivity contribution in [1.29, 1.82) is 0 Å². The fourth-order valence-corrected chi connectivity index (χ4v) is 4.11. The summed E-state index contributed by atoms with van der Waals surface area (Å²) in [6, 6.07) is 8.14. The highest BCUT2D eigenvalue weighted by atomic mass is 32.1. The van der Waals surface area contributed by atoms with Gasteiger partial charge in [-0.15, -0.1) is 11.3 Å². The zero-order valence-corrected chi connectivity index (χ0v) is 18.7. The molecule has 0 spiro atoms. The largest absolute Gasteiger partial charge is 0.444 e. The molecule has 1 aromatic carbocycles. The van der Waals surface area contributed by atoms with E-state index in [0.717, 1.165) is 44.0 Å². The van der Waals surface area contributed by atoms with Crippen LogP contribution in [0.25, 0.3) is 12.7 Å². The topological polar surface area (TPSA) is 77.7 Å². The summed E-state index contributed by atoms with van der Waals surface area (Å²) in [6.07, 6.45) is 1.56. The predicted octanol–water partition coefficient (Wildman–Crippen LogP) is 1.32. The molecule has 0 saturated carbocycles. The van der Waals surface area contributed by atoms with E-state index in [-0.39, 0.29) is 11.7 Å². The monoisotopic (exact) mass is 430 g/mol. The molecule has 7 nitrogen and oxygen atoms in total. The Kier molecular flexibility index (Phi) is 6.99. The van der Waals surface area contributed by atoms with E-state index >= 15 is 0 Å². The van der Waals surface area contributed by atoms with Crippen molar-refractivity contribution in [3.8, 4) is 0 Å². The Bertz CT molecular complexity index is 1030. The van der Waals surface area contributed by atoms with Crippen molar-refractivity contribution >= 4 is 35.8 Å². The molecule has 1 amide bonds. The number of anilines is 1. The molecular formula is C22H30N4O3S. The van der Waals surface area contributed by atoms with Gasteiger partial charge in [-0.25, -0.2) is 4.79 Å². The molecule has 1 aliphatic heterocycles. The third kappa shape index (κ3) is 6.21. The third-order valence-electron chi connectivity index (χ3n) is 4.74. The number of thiazole rings is 1. The Morgan fingerprint density at radius 1 is 1.27 bits per heavy atom.